The Labute approximate surface area is 88.4 Å². The minimum absolute atomic E-state index is 0.274. The van der Waals surface area contributed by atoms with E-state index in [2.05, 4.69) is 0 Å². The number of carbonyl (C=O) groups is 1. The minimum atomic E-state index is -0.274. The van der Waals surface area contributed by atoms with E-state index in [9.17, 15) is 9.18 Å². The summed E-state index contributed by atoms with van der Waals surface area (Å²) in [6, 6.07) is 3.03. The Kier molecular flexibility index (Phi) is 4.03. The van der Waals surface area contributed by atoms with Gasteiger partial charge in [0.05, 0.1) is 7.11 Å². The van der Waals surface area contributed by atoms with E-state index in [1.54, 1.807) is 6.07 Å². The summed E-state index contributed by atoms with van der Waals surface area (Å²) in [7, 11) is 1.52. The van der Waals surface area contributed by atoms with E-state index in [1.807, 2.05) is 6.92 Å². The Morgan fingerprint density at radius 3 is 2.73 bits per heavy atom. The molecule has 0 aromatic heterocycles. The number of carbonyl (C=O) groups excluding carboxylic acids is 1. The van der Waals surface area contributed by atoms with Gasteiger partial charge in [-0.05, 0) is 36.3 Å². The molecule has 0 atom stereocenters. The molecule has 0 aliphatic carbocycles. The van der Waals surface area contributed by atoms with Gasteiger partial charge in [-0.1, -0.05) is 6.92 Å². The van der Waals surface area contributed by atoms with Crippen molar-refractivity contribution in [1.29, 1.82) is 0 Å². The van der Waals surface area contributed by atoms with E-state index in [0.717, 1.165) is 0 Å². The van der Waals surface area contributed by atoms with Gasteiger partial charge in [0.15, 0.2) is 0 Å². The number of hydrogen-bond acceptors (Lipinski definition) is 2. The number of aryl methyl sites for hydroxylation is 1. The zero-order valence-electron chi connectivity index (χ0n) is 8.79. The standard InChI is InChI=1S/C12H13FO2/c1-3-9-8-12(15-2)10(5-4-6-14)7-11(9)13/h4-8H,3H2,1-2H3. The Morgan fingerprint density at radius 1 is 1.47 bits per heavy atom. The summed E-state index contributed by atoms with van der Waals surface area (Å²) in [5.41, 5.74) is 1.18. The summed E-state index contributed by atoms with van der Waals surface area (Å²) >= 11 is 0. The lowest BCUT2D eigenvalue weighted by molar-refractivity contribution is -0.104. The molecule has 1 aromatic rings. The molecule has 3 heteroatoms. The first kappa shape index (κ1) is 11.4. The fourth-order valence-corrected chi connectivity index (χ4v) is 1.33. The van der Waals surface area contributed by atoms with Crippen molar-refractivity contribution in [2.75, 3.05) is 7.11 Å². The molecule has 0 aliphatic rings. The van der Waals surface area contributed by atoms with Gasteiger partial charge < -0.3 is 4.74 Å². The summed E-state index contributed by atoms with van der Waals surface area (Å²) < 4.78 is 18.5. The molecule has 0 saturated carbocycles. The molecule has 80 valence electrons. The first-order valence-corrected chi connectivity index (χ1v) is 4.71. The highest BCUT2D eigenvalue weighted by atomic mass is 19.1. The van der Waals surface area contributed by atoms with E-state index in [4.69, 9.17) is 4.74 Å². The van der Waals surface area contributed by atoms with Gasteiger partial charge in [0.25, 0.3) is 0 Å². The molecule has 0 radical (unpaired) electrons. The van der Waals surface area contributed by atoms with Crippen molar-refractivity contribution in [1.82, 2.24) is 0 Å². The van der Waals surface area contributed by atoms with Crippen LogP contribution in [0.1, 0.15) is 18.1 Å². The maximum absolute atomic E-state index is 13.4. The van der Waals surface area contributed by atoms with E-state index in [0.29, 0.717) is 29.6 Å². The molecule has 0 heterocycles. The zero-order valence-corrected chi connectivity index (χ0v) is 8.79. The molecular formula is C12H13FO2. The van der Waals surface area contributed by atoms with Crippen molar-refractivity contribution in [2.45, 2.75) is 13.3 Å². The molecule has 1 aromatic carbocycles. The van der Waals surface area contributed by atoms with Crippen molar-refractivity contribution in [3.05, 3.63) is 35.2 Å². The fourth-order valence-electron chi connectivity index (χ4n) is 1.33. The topological polar surface area (TPSA) is 26.3 Å². The highest BCUT2D eigenvalue weighted by Crippen LogP contribution is 2.24. The summed E-state index contributed by atoms with van der Waals surface area (Å²) in [4.78, 5) is 10.2. The Bertz CT molecular complexity index is 383. The van der Waals surface area contributed by atoms with Crippen LogP contribution in [0.2, 0.25) is 0 Å². The molecule has 0 bridgehead atoms. The third-order valence-electron chi connectivity index (χ3n) is 2.13. The number of hydrogen-bond donors (Lipinski definition) is 0. The zero-order chi connectivity index (χ0) is 11.3. The first-order chi connectivity index (χ1) is 7.22. The lowest BCUT2D eigenvalue weighted by Crippen LogP contribution is -1.94. The van der Waals surface area contributed by atoms with Crippen molar-refractivity contribution in [3.63, 3.8) is 0 Å². The lowest BCUT2D eigenvalue weighted by atomic mass is 10.1. The molecular weight excluding hydrogens is 195 g/mol. The van der Waals surface area contributed by atoms with Gasteiger partial charge in [0.2, 0.25) is 0 Å². The second kappa shape index (κ2) is 5.29. The third-order valence-corrected chi connectivity index (χ3v) is 2.13. The highest BCUT2D eigenvalue weighted by molar-refractivity contribution is 5.75. The van der Waals surface area contributed by atoms with Gasteiger partial charge in [0, 0.05) is 5.56 Å². The van der Waals surface area contributed by atoms with Gasteiger partial charge >= 0.3 is 0 Å². The van der Waals surface area contributed by atoms with Gasteiger partial charge in [-0.15, -0.1) is 0 Å². The van der Waals surface area contributed by atoms with Gasteiger partial charge in [-0.25, -0.2) is 4.39 Å². The van der Waals surface area contributed by atoms with Crippen molar-refractivity contribution in [3.8, 4) is 5.75 Å². The molecule has 1 rings (SSSR count). The number of allylic oxidation sites excluding steroid dienone is 1. The Balaban J connectivity index is 3.20. The van der Waals surface area contributed by atoms with Crippen LogP contribution in [-0.2, 0) is 11.2 Å². The third kappa shape index (κ3) is 2.65. The normalized spacial score (nSPS) is 10.6. The average Bonchev–Trinajstić information content (AvgIpc) is 2.26. The molecule has 0 spiro atoms. The second-order valence-electron chi connectivity index (χ2n) is 3.03. The van der Waals surface area contributed by atoms with Crippen molar-refractivity contribution < 1.29 is 13.9 Å². The van der Waals surface area contributed by atoms with Crippen LogP contribution in [0.3, 0.4) is 0 Å². The van der Waals surface area contributed by atoms with E-state index >= 15 is 0 Å². The Morgan fingerprint density at radius 2 is 2.20 bits per heavy atom. The Hall–Kier alpha value is -1.64. The smallest absolute Gasteiger partial charge is 0.142 e. The number of methoxy groups -OCH3 is 1. The first-order valence-electron chi connectivity index (χ1n) is 4.71. The lowest BCUT2D eigenvalue weighted by Gasteiger charge is -2.08. The number of rotatable bonds is 4. The molecule has 0 aliphatic heterocycles. The monoisotopic (exact) mass is 208 g/mol. The summed E-state index contributed by atoms with van der Waals surface area (Å²) in [6.45, 7) is 1.87. The van der Waals surface area contributed by atoms with E-state index in [-0.39, 0.29) is 5.82 Å². The SMILES string of the molecule is CCc1cc(OC)c(C=CC=O)cc1F. The maximum Gasteiger partial charge on any atom is 0.142 e. The molecule has 0 saturated heterocycles. The quantitative estimate of drug-likeness (QED) is 0.561. The molecule has 0 N–H and O–H groups in total. The maximum atomic E-state index is 13.4. The molecule has 2 nitrogen and oxygen atoms in total. The molecule has 0 amide bonds. The average molecular weight is 208 g/mol. The van der Waals surface area contributed by atoms with Gasteiger partial charge in [-0.3, -0.25) is 4.79 Å². The molecule has 0 fully saturated rings. The number of benzene rings is 1. The molecule has 15 heavy (non-hydrogen) atoms. The van der Waals surface area contributed by atoms with Crippen molar-refractivity contribution >= 4 is 12.4 Å². The van der Waals surface area contributed by atoms with E-state index in [1.165, 1.54) is 25.3 Å². The summed E-state index contributed by atoms with van der Waals surface area (Å²) in [5.74, 6) is 0.301. The van der Waals surface area contributed by atoms with Crippen LogP contribution in [0, 0.1) is 5.82 Å². The second-order valence-corrected chi connectivity index (χ2v) is 3.03. The molecule has 0 unspecified atom stereocenters. The minimum Gasteiger partial charge on any atom is -0.496 e. The fraction of sp³-hybridized carbons (Fsp3) is 0.250. The van der Waals surface area contributed by atoms with E-state index < -0.39 is 0 Å². The largest absolute Gasteiger partial charge is 0.496 e. The number of halogens is 1. The summed E-state index contributed by atoms with van der Waals surface area (Å²) in [6.07, 6.45) is 4.09. The van der Waals surface area contributed by atoms with Crippen molar-refractivity contribution in [2.24, 2.45) is 0 Å². The van der Waals surface area contributed by atoms with Crippen LogP contribution in [0.25, 0.3) is 6.08 Å². The number of ether oxygens (including phenoxy) is 1. The van der Waals surface area contributed by atoms with Crippen LogP contribution in [0.15, 0.2) is 18.2 Å². The highest BCUT2D eigenvalue weighted by Gasteiger charge is 2.06. The van der Waals surface area contributed by atoms with Crippen LogP contribution in [-0.4, -0.2) is 13.4 Å². The van der Waals surface area contributed by atoms with Crippen LogP contribution in [0.5, 0.6) is 5.75 Å². The van der Waals surface area contributed by atoms with Gasteiger partial charge in [0.1, 0.15) is 17.9 Å². The summed E-state index contributed by atoms with van der Waals surface area (Å²) in [5, 5.41) is 0. The van der Waals surface area contributed by atoms with Crippen LogP contribution in [0.4, 0.5) is 4.39 Å². The predicted octanol–water partition coefficient (Wildman–Crippen LogP) is 2.61. The van der Waals surface area contributed by atoms with Crippen LogP contribution >= 0.6 is 0 Å². The van der Waals surface area contributed by atoms with Gasteiger partial charge in [-0.2, -0.15) is 0 Å². The number of aldehydes is 1. The van der Waals surface area contributed by atoms with Crippen LogP contribution < -0.4 is 4.74 Å². The predicted molar refractivity (Wildman–Crippen MR) is 57.4 cm³/mol.